The fourth-order valence-corrected chi connectivity index (χ4v) is 3.02. The van der Waals surface area contributed by atoms with Gasteiger partial charge in [-0.3, -0.25) is 24.0 Å². The number of carbonyl (C=O) groups is 5. The molecule has 0 radical (unpaired) electrons. The number of rotatable bonds is 9. The molecular formula is C17H27N3O8. The lowest BCUT2D eigenvalue weighted by Gasteiger charge is -2.27. The van der Waals surface area contributed by atoms with Crippen molar-refractivity contribution in [2.45, 2.75) is 51.8 Å². The van der Waals surface area contributed by atoms with Crippen LogP contribution in [-0.2, 0) is 33.4 Å². The van der Waals surface area contributed by atoms with E-state index in [-0.39, 0.29) is 26.2 Å². The van der Waals surface area contributed by atoms with Crippen molar-refractivity contribution in [3.8, 4) is 0 Å². The standard InChI is InChI=1S/C17H27N3O8/c1-4-27-13(23)7-11(17(26)28-5-2)14(15(18)24)19-16(25)12-6-10(22)8-20(12)9(3)21/h10-12,14,22H,4-8H2,1-3H3,(H2,18,24)(H,19,25)/t10-,11+,12+,14+/m1/s1. The molecule has 0 bridgehead atoms. The zero-order chi connectivity index (χ0) is 21.4. The molecule has 1 saturated heterocycles. The first-order valence-electron chi connectivity index (χ1n) is 8.99. The van der Waals surface area contributed by atoms with Crippen LogP contribution < -0.4 is 11.1 Å². The third-order valence-corrected chi connectivity index (χ3v) is 4.27. The van der Waals surface area contributed by atoms with Gasteiger partial charge in [-0.05, 0) is 13.8 Å². The highest BCUT2D eigenvalue weighted by atomic mass is 16.5. The van der Waals surface area contributed by atoms with Gasteiger partial charge in [-0.25, -0.2) is 0 Å². The molecule has 11 heteroatoms. The summed E-state index contributed by atoms with van der Waals surface area (Å²) in [7, 11) is 0. The largest absolute Gasteiger partial charge is 0.466 e. The summed E-state index contributed by atoms with van der Waals surface area (Å²) in [6, 6.07) is -2.58. The number of amides is 3. The monoisotopic (exact) mass is 401 g/mol. The number of nitrogens with two attached hydrogens (primary N) is 1. The van der Waals surface area contributed by atoms with Crippen molar-refractivity contribution < 1.29 is 38.6 Å². The highest BCUT2D eigenvalue weighted by Gasteiger charge is 2.42. The molecule has 0 aromatic rings. The minimum absolute atomic E-state index is 0.00941. The van der Waals surface area contributed by atoms with Crippen LogP contribution in [-0.4, -0.2) is 77.6 Å². The van der Waals surface area contributed by atoms with Crippen molar-refractivity contribution in [1.29, 1.82) is 0 Å². The molecular weight excluding hydrogens is 374 g/mol. The summed E-state index contributed by atoms with van der Waals surface area (Å²) < 4.78 is 9.69. The lowest BCUT2D eigenvalue weighted by atomic mass is 9.94. The zero-order valence-electron chi connectivity index (χ0n) is 16.2. The smallest absolute Gasteiger partial charge is 0.312 e. The summed E-state index contributed by atoms with van der Waals surface area (Å²) in [4.78, 5) is 61.5. The predicted molar refractivity (Wildman–Crippen MR) is 94.3 cm³/mol. The molecule has 1 heterocycles. The molecule has 1 rings (SSSR count). The van der Waals surface area contributed by atoms with Crippen molar-refractivity contribution in [2.24, 2.45) is 11.7 Å². The first-order valence-corrected chi connectivity index (χ1v) is 8.99. The van der Waals surface area contributed by atoms with Gasteiger partial charge in [0.15, 0.2) is 0 Å². The number of nitrogens with one attached hydrogen (secondary N) is 1. The number of aliphatic hydroxyl groups excluding tert-OH is 1. The van der Waals surface area contributed by atoms with Crippen molar-refractivity contribution in [3.05, 3.63) is 0 Å². The first-order chi connectivity index (χ1) is 13.1. The third kappa shape index (κ3) is 6.19. The highest BCUT2D eigenvalue weighted by Crippen LogP contribution is 2.20. The number of likely N-dealkylation sites (tertiary alicyclic amines) is 1. The van der Waals surface area contributed by atoms with Gasteiger partial charge in [0.05, 0.1) is 31.7 Å². The Morgan fingerprint density at radius 3 is 2.29 bits per heavy atom. The number of nitrogens with zero attached hydrogens (tertiary/aromatic N) is 1. The molecule has 11 nitrogen and oxygen atoms in total. The number of aliphatic hydroxyl groups is 1. The number of primary amides is 1. The minimum atomic E-state index is -1.55. The Kier molecular flexibility index (Phi) is 8.83. The molecule has 3 amide bonds. The molecule has 0 unspecified atom stereocenters. The Labute approximate surface area is 162 Å². The molecule has 0 aromatic heterocycles. The minimum Gasteiger partial charge on any atom is -0.466 e. The van der Waals surface area contributed by atoms with Gasteiger partial charge < -0.3 is 30.5 Å². The molecule has 4 N–H and O–H groups in total. The Hall–Kier alpha value is -2.69. The van der Waals surface area contributed by atoms with Crippen LogP contribution in [0, 0.1) is 5.92 Å². The van der Waals surface area contributed by atoms with Gasteiger partial charge in [0.1, 0.15) is 12.1 Å². The number of hydrogen-bond donors (Lipinski definition) is 3. The second-order valence-corrected chi connectivity index (χ2v) is 6.33. The van der Waals surface area contributed by atoms with Gasteiger partial charge in [-0.1, -0.05) is 0 Å². The van der Waals surface area contributed by atoms with Gasteiger partial charge >= 0.3 is 11.9 Å². The van der Waals surface area contributed by atoms with Crippen LogP contribution >= 0.6 is 0 Å². The number of esters is 2. The fourth-order valence-electron chi connectivity index (χ4n) is 3.02. The molecule has 4 atom stereocenters. The van der Waals surface area contributed by atoms with E-state index in [0.717, 1.165) is 4.90 Å². The summed E-state index contributed by atoms with van der Waals surface area (Å²) in [5.74, 6) is -5.30. The zero-order valence-corrected chi connectivity index (χ0v) is 16.2. The van der Waals surface area contributed by atoms with Crippen molar-refractivity contribution in [3.63, 3.8) is 0 Å². The number of ether oxygens (including phenoxy) is 2. The van der Waals surface area contributed by atoms with Gasteiger partial charge in [0.25, 0.3) is 0 Å². The van der Waals surface area contributed by atoms with Gasteiger partial charge in [0, 0.05) is 19.9 Å². The summed E-state index contributed by atoms with van der Waals surface area (Å²) in [5.41, 5.74) is 5.35. The fraction of sp³-hybridized carbons (Fsp3) is 0.706. The van der Waals surface area contributed by atoms with E-state index in [1.807, 2.05) is 0 Å². The summed E-state index contributed by atoms with van der Waals surface area (Å²) in [6.45, 7) is 4.39. The average Bonchev–Trinajstić information content (AvgIpc) is 3.00. The van der Waals surface area contributed by atoms with E-state index in [1.54, 1.807) is 13.8 Å². The second-order valence-electron chi connectivity index (χ2n) is 6.33. The Balaban J connectivity index is 3.04. The van der Waals surface area contributed by atoms with E-state index in [1.165, 1.54) is 6.92 Å². The predicted octanol–water partition coefficient (Wildman–Crippen LogP) is -1.93. The van der Waals surface area contributed by atoms with Crippen molar-refractivity contribution >= 4 is 29.7 Å². The summed E-state index contributed by atoms with van der Waals surface area (Å²) in [6.07, 6.45) is -1.45. The van der Waals surface area contributed by atoms with Crippen LogP contribution in [0.3, 0.4) is 0 Å². The molecule has 158 valence electrons. The number of β-amino-alcohol motifs (C(OH)–C–C–N with tert-alkyl or cyclic N) is 1. The van der Waals surface area contributed by atoms with Crippen molar-refractivity contribution in [1.82, 2.24) is 10.2 Å². The van der Waals surface area contributed by atoms with E-state index in [4.69, 9.17) is 15.2 Å². The molecule has 0 aliphatic carbocycles. The molecule has 0 spiro atoms. The first kappa shape index (κ1) is 23.3. The lowest BCUT2D eigenvalue weighted by molar-refractivity contribution is -0.157. The van der Waals surface area contributed by atoms with E-state index >= 15 is 0 Å². The molecule has 0 saturated carbocycles. The summed E-state index contributed by atoms with van der Waals surface area (Å²) in [5, 5.41) is 12.1. The van der Waals surface area contributed by atoms with Crippen LogP contribution in [0.25, 0.3) is 0 Å². The highest BCUT2D eigenvalue weighted by molar-refractivity contribution is 5.95. The molecule has 1 fully saturated rings. The third-order valence-electron chi connectivity index (χ3n) is 4.27. The van der Waals surface area contributed by atoms with E-state index in [9.17, 15) is 29.1 Å². The quantitative estimate of drug-likeness (QED) is 0.376. The second kappa shape index (κ2) is 10.6. The Morgan fingerprint density at radius 2 is 1.79 bits per heavy atom. The number of hydrogen-bond acceptors (Lipinski definition) is 8. The van der Waals surface area contributed by atoms with Crippen LogP contribution in [0.1, 0.15) is 33.6 Å². The molecule has 1 aliphatic heterocycles. The lowest BCUT2D eigenvalue weighted by Crippen LogP contribution is -2.56. The van der Waals surface area contributed by atoms with Crippen molar-refractivity contribution in [2.75, 3.05) is 19.8 Å². The van der Waals surface area contributed by atoms with E-state index in [0.29, 0.717) is 0 Å². The summed E-state index contributed by atoms with van der Waals surface area (Å²) >= 11 is 0. The van der Waals surface area contributed by atoms with E-state index in [2.05, 4.69) is 5.32 Å². The molecule has 1 aliphatic rings. The number of carbonyl (C=O) groups excluding carboxylic acids is 5. The Bertz CT molecular complexity index is 624. The Morgan fingerprint density at radius 1 is 1.18 bits per heavy atom. The topological polar surface area (TPSA) is 165 Å². The van der Waals surface area contributed by atoms with Gasteiger partial charge in [-0.15, -0.1) is 0 Å². The van der Waals surface area contributed by atoms with Gasteiger partial charge in [0.2, 0.25) is 17.7 Å². The maximum Gasteiger partial charge on any atom is 0.312 e. The normalized spacial score (nSPS) is 20.8. The SMILES string of the molecule is CCOC(=O)C[C@H](C(=O)OCC)[C@H](NC(=O)[C@@H]1C[C@@H](O)CN1C(C)=O)C(N)=O. The maximum absolute atomic E-state index is 12.6. The van der Waals surface area contributed by atoms with Crippen LogP contribution in [0.5, 0.6) is 0 Å². The van der Waals surface area contributed by atoms with Crippen LogP contribution in [0.15, 0.2) is 0 Å². The van der Waals surface area contributed by atoms with E-state index < -0.39 is 60.2 Å². The van der Waals surface area contributed by atoms with Gasteiger partial charge in [-0.2, -0.15) is 0 Å². The molecule has 28 heavy (non-hydrogen) atoms. The average molecular weight is 401 g/mol. The maximum atomic E-state index is 12.6. The van der Waals surface area contributed by atoms with Crippen LogP contribution in [0.2, 0.25) is 0 Å². The molecule has 0 aromatic carbocycles. The van der Waals surface area contributed by atoms with Crippen LogP contribution in [0.4, 0.5) is 0 Å².